The Morgan fingerprint density at radius 2 is 2.07 bits per heavy atom. The van der Waals surface area contributed by atoms with Crippen molar-refractivity contribution >= 4 is 34.1 Å². The Balaban J connectivity index is 1.50. The molecule has 140 valence electrons. The van der Waals surface area contributed by atoms with Crippen molar-refractivity contribution in [1.29, 1.82) is 0 Å². The number of amides is 1. The summed E-state index contributed by atoms with van der Waals surface area (Å²) in [5, 5.41) is 5.15. The van der Waals surface area contributed by atoms with Crippen LogP contribution in [0, 0.1) is 0 Å². The normalized spacial score (nSPS) is 11.9. The van der Waals surface area contributed by atoms with Crippen molar-refractivity contribution in [3.8, 4) is 0 Å². The third-order valence-corrected chi connectivity index (χ3v) is 4.80. The first-order valence-corrected chi connectivity index (χ1v) is 9.38. The van der Waals surface area contributed by atoms with Crippen LogP contribution in [0.5, 0.6) is 0 Å². The summed E-state index contributed by atoms with van der Waals surface area (Å²) in [6, 6.07) is 10.8. The zero-order valence-corrected chi connectivity index (χ0v) is 15.5. The first-order valence-electron chi connectivity index (χ1n) is 8.50. The lowest BCUT2D eigenvalue weighted by Crippen LogP contribution is -2.35. The number of aryl methyl sites for hydroxylation is 1. The number of para-hydroxylation sites is 1. The molecule has 0 radical (unpaired) electrons. The van der Waals surface area contributed by atoms with Crippen molar-refractivity contribution < 1.29 is 14.3 Å². The summed E-state index contributed by atoms with van der Waals surface area (Å²) < 4.78 is 5.15. The molecule has 0 spiro atoms. The van der Waals surface area contributed by atoms with Gasteiger partial charge in [0.25, 0.3) is 11.5 Å². The second-order valence-electron chi connectivity index (χ2n) is 5.96. The Morgan fingerprint density at radius 1 is 1.26 bits per heavy atom. The van der Waals surface area contributed by atoms with Crippen LogP contribution in [-0.2, 0) is 27.3 Å². The third-order valence-electron chi connectivity index (χ3n) is 3.92. The van der Waals surface area contributed by atoms with Crippen LogP contribution < -0.4 is 10.9 Å². The van der Waals surface area contributed by atoms with Crippen molar-refractivity contribution in [1.82, 2.24) is 15.3 Å². The monoisotopic (exact) mass is 385 g/mol. The highest BCUT2D eigenvalue weighted by atomic mass is 32.1. The number of hydrogen-bond acceptors (Lipinski definition) is 6. The number of aromatic amines is 1. The number of nitrogens with zero attached hydrogens (tertiary/aromatic N) is 1. The molecule has 3 rings (SSSR count). The molecule has 3 aromatic rings. The Labute approximate surface area is 159 Å². The van der Waals surface area contributed by atoms with E-state index in [1.165, 1.54) is 18.3 Å². The molecule has 0 saturated heterocycles. The van der Waals surface area contributed by atoms with Gasteiger partial charge in [-0.25, -0.2) is 4.98 Å². The summed E-state index contributed by atoms with van der Waals surface area (Å²) in [6.07, 6.45) is -0.646. The quantitative estimate of drug-likeness (QED) is 0.607. The third kappa shape index (κ3) is 5.01. The van der Waals surface area contributed by atoms with Gasteiger partial charge in [-0.15, -0.1) is 11.3 Å². The molecule has 0 aliphatic heterocycles. The number of aromatic nitrogens is 2. The van der Waals surface area contributed by atoms with Gasteiger partial charge in [-0.3, -0.25) is 14.4 Å². The molecule has 0 saturated carbocycles. The average Bonchev–Trinajstić information content (AvgIpc) is 3.18. The number of ether oxygens (including phenoxy) is 1. The molecule has 0 fully saturated rings. The largest absolute Gasteiger partial charge is 0.453 e. The lowest BCUT2D eigenvalue weighted by Gasteiger charge is -2.13. The Hall–Kier alpha value is -3.00. The highest BCUT2D eigenvalue weighted by molar-refractivity contribution is 7.09. The fraction of sp³-hybridized carbons (Fsp3) is 0.263. The van der Waals surface area contributed by atoms with Gasteiger partial charge in [-0.2, -0.15) is 0 Å². The molecule has 27 heavy (non-hydrogen) atoms. The first-order chi connectivity index (χ1) is 13.0. The lowest BCUT2D eigenvalue weighted by atomic mass is 10.2. The number of carbonyl (C=O) groups excluding carboxylic acids is 2. The highest BCUT2D eigenvalue weighted by Gasteiger charge is 2.18. The summed E-state index contributed by atoms with van der Waals surface area (Å²) in [7, 11) is 0. The average molecular weight is 385 g/mol. The van der Waals surface area contributed by atoms with Crippen LogP contribution in [0.2, 0.25) is 0 Å². The fourth-order valence-electron chi connectivity index (χ4n) is 2.51. The van der Waals surface area contributed by atoms with Crippen LogP contribution in [0.15, 0.2) is 46.6 Å². The van der Waals surface area contributed by atoms with Gasteiger partial charge >= 0.3 is 5.97 Å². The Bertz CT molecular complexity index is 998. The number of rotatable bonds is 7. The van der Waals surface area contributed by atoms with Gasteiger partial charge in [-0.1, -0.05) is 18.2 Å². The van der Waals surface area contributed by atoms with E-state index in [0.717, 1.165) is 4.88 Å². The van der Waals surface area contributed by atoms with Crippen LogP contribution in [0.1, 0.15) is 24.0 Å². The number of thiophene rings is 1. The fourth-order valence-corrected chi connectivity index (χ4v) is 3.16. The van der Waals surface area contributed by atoms with Crippen LogP contribution in [0.25, 0.3) is 10.9 Å². The molecular formula is C19H19N3O4S. The molecule has 0 unspecified atom stereocenters. The molecule has 7 nitrogen and oxygen atoms in total. The predicted octanol–water partition coefficient (Wildman–Crippen LogP) is 2.17. The molecule has 1 amide bonds. The highest BCUT2D eigenvalue weighted by Crippen LogP contribution is 2.09. The lowest BCUT2D eigenvalue weighted by molar-refractivity contribution is -0.154. The molecule has 1 aromatic carbocycles. The van der Waals surface area contributed by atoms with Crippen LogP contribution >= 0.6 is 11.3 Å². The predicted molar refractivity (Wildman–Crippen MR) is 102 cm³/mol. The van der Waals surface area contributed by atoms with Crippen molar-refractivity contribution in [3.05, 3.63) is 62.8 Å². The molecular weight excluding hydrogens is 366 g/mol. The zero-order chi connectivity index (χ0) is 19.2. The number of H-pyrrole nitrogens is 1. The van der Waals surface area contributed by atoms with Crippen molar-refractivity contribution in [2.45, 2.75) is 32.4 Å². The van der Waals surface area contributed by atoms with Gasteiger partial charge in [-0.05, 0) is 30.5 Å². The SMILES string of the molecule is C[C@H](OC(=O)CCc1nc2ccccc2c(=O)[nH]1)C(=O)NCc1cccs1. The van der Waals surface area contributed by atoms with E-state index in [-0.39, 0.29) is 24.3 Å². The van der Waals surface area contributed by atoms with Gasteiger partial charge in [0, 0.05) is 11.3 Å². The van der Waals surface area contributed by atoms with Gasteiger partial charge in [0.2, 0.25) is 0 Å². The summed E-state index contributed by atoms with van der Waals surface area (Å²) in [6.45, 7) is 1.93. The van der Waals surface area contributed by atoms with Gasteiger partial charge in [0.15, 0.2) is 6.10 Å². The molecule has 0 aliphatic rings. The van der Waals surface area contributed by atoms with Crippen molar-refractivity contribution in [3.63, 3.8) is 0 Å². The number of benzene rings is 1. The second-order valence-corrected chi connectivity index (χ2v) is 6.99. The minimum absolute atomic E-state index is 0.0177. The second kappa shape index (κ2) is 8.59. The molecule has 2 N–H and O–H groups in total. The van der Waals surface area contributed by atoms with E-state index in [2.05, 4.69) is 15.3 Å². The van der Waals surface area contributed by atoms with Gasteiger partial charge in [0.1, 0.15) is 5.82 Å². The summed E-state index contributed by atoms with van der Waals surface area (Å²) >= 11 is 1.54. The van der Waals surface area contributed by atoms with Gasteiger partial charge in [0.05, 0.1) is 23.9 Å². The zero-order valence-electron chi connectivity index (χ0n) is 14.7. The minimum Gasteiger partial charge on any atom is -0.453 e. The molecule has 0 aliphatic carbocycles. The summed E-state index contributed by atoms with van der Waals surface area (Å²) in [4.78, 5) is 44.0. The van der Waals surface area contributed by atoms with E-state index in [4.69, 9.17) is 4.74 Å². The summed E-state index contributed by atoms with van der Waals surface area (Å²) in [5.41, 5.74) is 0.330. The smallest absolute Gasteiger partial charge is 0.307 e. The standard InChI is InChI=1S/C19H19N3O4S/c1-12(18(24)20-11-13-5-4-10-27-13)26-17(23)9-8-16-21-15-7-3-2-6-14(15)19(25)22-16/h2-7,10,12H,8-9,11H2,1H3,(H,20,24)(H,21,22,25)/t12-/m0/s1. The van der Waals surface area contributed by atoms with E-state index in [9.17, 15) is 14.4 Å². The number of hydrogen-bond donors (Lipinski definition) is 2. The Morgan fingerprint density at radius 3 is 2.85 bits per heavy atom. The number of fused-ring (bicyclic) bond motifs is 1. The topological polar surface area (TPSA) is 101 Å². The molecule has 1 atom stereocenters. The van der Waals surface area contributed by atoms with Crippen molar-refractivity contribution in [2.75, 3.05) is 0 Å². The maximum Gasteiger partial charge on any atom is 0.307 e. The maximum absolute atomic E-state index is 12.0. The molecule has 0 bridgehead atoms. The molecule has 8 heteroatoms. The maximum atomic E-state index is 12.0. The van der Waals surface area contributed by atoms with Crippen molar-refractivity contribution in [2.24, 2.45) is 0 Å². The van der Waals surface area contributed by atoms with E-state index in [1.54, 1.807) is 24.3 Å². The molecule has 2 aromatic heterocycles. The molecule has 2 heterocycles. The number of esters is 1. The van der Waals surface area contributed by atoms with Crippen LogP contribution in [0.4, 0.5) is 0 Å². The van der Waals surface area contributed by atoms with Gasteiger partial charge < -0.3 is 15.0 Å². The number of carbonyl (C=O) groups is 2. The Kier molecular flexibility index (Phi) is 5.97. The van der Waals surface area contributed by atoms with Crippen LogP contribution in [0.3, 0.4) is 0 Å². The number of nitrogens with one attached hydrogen (secondary N) is 2. The van der Waals surface area contributed by atoms with E-state index < -0.39 is 12.1 Å². The van der Waals surface area contributed by atoms with E-state index in [0.29, 0.717) is 23.3 Å². The first kappa shape index (κ1) is 18.8. The summed E-state index contributed by atoms with van der Waals surface area (Å²) in [5.74, 6) is -0.469. The van der Waals surface area contributed by atoms with E-state index in [1.807, 2.05) is 17.5 Å². The van der Waals surface area contributed by atoms with E-state index >= 15 is 0 Å². The minimum atomic E-state index is -0.888. The van der Waals surface area contributed by atoms with Crippen LogP contribution in [-0.4, -0.2) is 27.9 Å².